The van der Waals surface area contributed by atoms with Gasteiger partial charge in [0.2, 0.25) is 0 Å². The molecule has 0 bridgehead atoms. The smallest absolute Gasteiger partial charge is 0.0323 e. The maximum absolute atomic E-state index is 4.16. The van der Waals surface area contributed by atoms with E-state index in [4.69, 9.17) is 0 Å². The topological polar surface area (TPSA) is 0 Å². The minimum atomic E-state index is 0.846. The van der Waals surface area contributed by atoms with E-state index in [9.17, 15) is 0 Å². The Morgan fingerprint density at radius 2 is 1.67 bits per heavy atom. The van der Waals surface area contributed by atoms with Crippen LogP contribution in [0.1, 0.15) is 72.6 Å². The first kappa shape index (κ1) is 14.7. The molecule has 1 unspecified atom stereocenters. The van der Waals surface area contributed by atoms with Gasteiger partial charge in [0.1, 0.15) is 0 Å². The van der Waals surface area contributed by atoms with Gasteiger partial charge in [-0.15, -0.1) is 0 Å². The summed E-state index contributed by atoms with van der Waals surface area (Å²) in [5.41, 5.74) is 1.47. The minimum absolute atomic E-state index is 0.846. The number of unbranched alkanes of at least 4 members (excludes halogenated alkanes) is 1. The van der Waals surface area contributed by atoms with Gasteiger partial charge in [0.25, 0.3) is 0 Å². The number of hydrogen-bond acceptors (Lipinski definition) is 0. The molecule has 0 rings (SSSR count). The SMILES string of the molecule is C=C(CCCC)CCCC(CC)C(C)C. The van der Waals surface area contributed by atoms with Gasteiger partial charge in [-0.3, -0.25) is 0 Å². The first-order chi connectivity index (χ1) is 7.11. The Hall–Kier alpha value is -0.260. The van der Waals surface area contributed by atoms with E-state index in [0.717, 1.165) is 11.8 Å². The van der Waals surface area contributed by atoms with Crippen LogP contribution in [0.25, 0.3) is 0 Å². The summed E-state index contributed by atoms with van der Waals surface area (Å²) in [6, 6.07) is 0. The largest absolute Gasteiger partial charge is 0.0999 e. The fourth-order valence-electron chi connectivity index (χ4n) is 2.17. The van der Waals surface area contributed by atoms with Gasteiger partial charge in [0, 0.05) is 0 Å². The molecule has 0 aromatic heterocycles. The van der Waals surface area contributed by atoms with Crippen LogP contribution >= 0.6 is 0 Å². The quantitative estimate of drug-likeness (QED) is 0.435. The highest BCUT2D eigenvalue weighted by atomic mass is 14.2. The number of allylic oxidation sites excluding steroid dienone is 1. The van der Waals surface area contributed by atoms with Crippen LogP contribution in [0, 0.1) is 11.8 Å². The van der Waals surface area contributed by atoms with Crippen LogP contribution in [0.2, 0.25) is 0 Å². The summed E-state index contributed by atoms with van der Waals surface area (Å²) < 4.78 is 0. The van der Waals surface area contributed by atoms with Gasteiger partial charge in [-0.05, 0) is 43.9 Å². The van der Waals surface area contributed by atoms with Crippen molar-refractivity contribution in [2.45, 2.75) is 72.6 Å². The van der Waals surface area contributed by atoms with Crippen LogP contribution in [0.4, 0.5) is 0 Å². The highest BCUT2D eigenvalue weighted by molar-refractivity contribution is 4.93. The third kappa shape index (κ3) is 7.64. The molecule has 0 N–H and O–H groups in total. The van der Waals surface area contributed by atoms with Crippen molar-refractivity contribution in [1.29, 1.82) is 0 Å². The zero-order valence-electron chi connectivity index (χ0n) is 11.3. The standard InChI is InChI=1S/C15H30/c1-6-8-10-14(5)11-9-12-15(7-2)13(3)4/h13,15H,5-12H2,1-4H3. The van der Waals surface area contributed by atoms with Gasteiger partial charge in [-0.1, -0.05) is 52.7 Å². The Morgan fingerprint density at radius 1 is 1.07 bits per heavy atom. The van der Waals surface area contributed by atoms with Crippen LogP contribution < -0.4 is 0 Å². The lowest BCUT2D eigenvalue weighted by Crippen LogP contribution is -2.07. The van der Waals surface area contributed by atoms with E-state index in [-0.39, 0.29) is 0 Å². The summed E-state index contributed by atoms with van der Waals surface area (Å²) in [6.45, 7) is 13.4. The molecule has 0 aliphatic carbocycles. The molecule has 0 aromatic carbocycles. The lowest BCUT2D eigenvalue weighted by atomic mass is 9.87. The van der Waals surface area contributed by atoms with Crippen LogP contribution in [0.3, 0.4) is 0 Å². The van der Waals surface area contributed by atoms with Gasteiger partial charge >= 0.3 is 0 Å². The van der Waals surface area contributed by atoms with Crippen LogP contribution in [0.5, 0.6) is 0 Å². The van der Waals surface area contributed by atoms with Crippen LogP contribution in [-0.2, 0) is 0 Å². The lowest BCUT2D eigenvalue weighted by Gasteiger charge is -2.18. The summed E-state index contributed by atoms with van der Waals surface area (Å²) >= 11 is 0. The van der Waals surface area contributed by atoms with E-state index in [1.807, 2.05) is 0 Å². The lowest BCUT2D eigenvalue weighted by molar-refractivity contribution is 0.340. The Bertz CT molecular complexity index is 155. The maximum atomic E-state index is 4.16. The molecule has 0 saturated carbocycles. The number of hydrogen-bond donors (Lipinski definition) is 0. The third-order valence-corrected chi connectivity index (χ3v) is 3.46. The van der Waals surface area contributed by atoms with Gasteiger partial charge in [0.15, 0.2) is 0 Å². The molecule has 0 saturated heterocycles. The molecule has 0 fully saturated rings. The van der Waals surface area contributed by atoms with Crippen molar-refractivity contribution in [3.8, 4) is 0 Å². The van der Waals surface area contributed by atoms with Gasteiger partial charge in [-0.25, -0.2) is 0 Å². The van der Waals surface area contributed by atoms with Gasteiger partial charge in [-0.2, -0.15) is 0 Å². The van der Waals surface area contributed by atoms with E-state index in [1.165, 1.54) is 50.5 Å². The second-order valence-corrected chi connectivity index (χ2v) is 5.16. The second kappa shape index (κ2) is 9.00. The fourth-order valence-corrected chi connectivity index (χ4v) is 2.17. The van der Waals surface area contributed by atoms with E-state index >= 15 is 0 Å². The van der Waals surface area contributed by atoms with Crippen molar-refractivity contribution < 1.29 is 0 Å². The molecule has 0 nitrogen and oxygen atoms in total. The first-order valence-corrected chi connectivity index (χ1v) is 6.78. The Balaban J connectivity index is 3.54. The predicted molar refractivity (Wildman–Crippen MR) is 71.1 cm³/mol. The molecule has 0 aromatic rings. The van der Waals surface area contributed by atoms with E-state index in [0.29, 0.717) is 0 Å². The second-order valence-electron chi connectivity index (χ2n) is 5.16. The third-order valence-electron chi connectivity index (χ3n) is 3.46. The average Bonchev–Trinajstić information content (AvgIpc) is 2.20. The van der Waals surface area contributed by atoms with E-state index < -0.39 is 0 Å². The van der Waals surface area contributed by atoms with E-state index in [2.05, 4.69) is 34.3 Å². The maximum Gasteiger partial charge on any atom is -0.0323 e. The van der Waals surface area contributed by atoms with Crippen molar-refractivity contribution in [3.63, 3.8) is 0 Å². The summed E-state index contributed by atoms with van der Waals surface area (Å²) in [5.74, 6) is 1.77. The summed E-state index contributed by atoms with van der Waals surface area (Å²) in [5, 5.41) is 0. The summed E-state index contributed by atoms with van der Waals surface area (Å²) in [7, 11) is 0. The van der Waals surface area contributed by atoms with Crippen molar-refractivity contribution in [3.05, 3.63) is 12.2 Å². The zero-order chi connectivity index (χ0) is 11.7. The summed E-state index contributed by atoms with van der Waals surface area (Å²) in [4.78, 5) is 0. The van der Waals surface area contributed by atoms with Crippen molar-refractivity contribution in [2.75, 3.05) is 0 Å². The highest BCUT2D eigenvalue weighted by Crippen LogP contribution is 2.23. The molecule has 0 aliphatic heterocycles. The first-order valence-electron chi connectivity index (χ1n) is 6.78. The highest BCUT2D eigenvalue weighted by Gasteiger charge is 2.10. The van der Waals surface area contributed by atoms with Crippen molar-refractivity contribution >= 4 is 0 Å². The van der Waals surface area contributed by atoms with Crippen LogP contribution in [0.15, 0.2) is 12.2 Å². The number of rotatable bonds is 9. The molecular formula is C15H30. The molecule has 0 aliphatic rings. The van der Waals surface area contributed by atoms with Crippen LogP contribution in [-0.4, -0.2) is 0 Å². The average molecular weight is 210 g/mol. The molecule has 0 heterocycles. The monoisotopic (exact) mass is 210 g/mol. The molecule has 0 heteroatoms. The Morgan fingerprint density at radius 3 is 2.13 bits per heavy atom. The zero-order valence-corrected chi connectivity index (χ0v) is 11.3. The Kier molecular flexibility index (Phi) is 8.85. The van der Waals surface area contributed by atoms with Gasteiger partial charge < -0.3 is 0 Å². The molecular weight excluding hydrogens is 180 g/mol. The normalized spacial score (nSPS) is 13.1. The fraction of sp³-hybridized carbons (Fsp3) is 0.867. The van der Waals surface area contributed by atoms with Crippen molar-refractivity contribution in [1.82, 2.24) is 0 Å². The van der Waals surface area contributed by atoms with Gasteiger partial charge in [0.05, 0.1) is 0 Å². The molecule has 90 valence electrons. The molecule has 1 atom stereocenters. The minimum Gasteiger partial charge on any atom is -0.0999 e. The summed E-state index contributed by atoms with van der Waals surface area (Å²) in [6.07, 6.45) is 9.18. The molecule has 15 heavy (non-hydrogen) atoms. The molecule has 0 radical (unpaired) electrons. The van der Waals surface area contributed by atoms with E-state index in [1.54, 1.807) is 0 Å². The molecule has 0 amide bonds. The predicted octanol–water partition coefficient (Wildman–Crippen LogP) is 5.59. The van der Waals surface area contributed by atoms with Crippen molar-refractivity contribution in [2.24, 2.45) is 11.8 Å². The molecule has 0 spiro atoms. The Labute approximate surface area is 97.2 Å².